The Kier molecular flexibility index (Phi) is 5.67. The summed E-state index contributed by atoms with van der Waals surface area (Å²) in [6.07, 6.45) is 0.395. The van der Waals surface area contributed by atoms with Crippen molar-refractivity contribution in [1.29, 1.82) is 0 Å². The lowest BCUT2D eigenvalue weighted by atomic mass is 10.2. The maximum Gasteiger partial charge on any atom is 0.241 e. The van der Waals surface area contributed by atoms with Crippen molar-refractivity contribution in [3.8, 4) is 0 Å². The molecule has 1 aliphatic rings. The molecule has 1 aliphatic heterocycles. The second kappa shape index (κ2) is 7.20. The van der Waals surface area contributed by atoms with E-state index in [1.54, 1.807) is 26.0 Å². The zero-order valence-corrected chi connectivity index (χ0v) is 15.4. The zero-order valence-electron chi connectivity index (χ0n) is 13.7. The quantitative estimate of drug-likeness (QED) is 0.772. The third kappa shape index (κ3) is 4.55. The van der Waals surface area contributed by atoms with Gasteiger partial charge in [-0.3, -0.25) is 4.79 Å². The maximum absolute atomic E-state index is 12.3. The minimum atomic E-state index is -3.78. The average molecular weight is 374 g/mol. The van der Waals surface area contributed by atoms with Crippen LogP contribution >= 0.6 is 0 Å². The molecular weight excluding hydrogens is 352 g/mol. The first kappa shape index (κ1) is 18.9. The van der Waals surface area contributed by atoms with Gasteiger partial charge in [-0.2, -0.15) is 0 Å². The van der Waals surface area contributed by atoms with Gasteiger partial charge in [0.25, 0.3) is 0 Å². The summed E-state index contributed by atoms with van der Waals surface area (Å²) in [6, 6.07) is 6.02. The number of likely N-dealkylation sites (N-methyl/N-ethyl adjacent to an activating group) is 1. The SMILES string of the molecule is CCN(C(=O)CNS(=O)(=O)c1cccc(C)c1)C1CCS(=O)(=O)C1. The monoisotopic (exact) mass is 374 g/mol. The summed E-state index contributed by atoms with van der Waals surface area (Å²) in [5, 5.41) is 0. The van der Waals surface area contributed by atoms with Gasteiger partial charge in [0.1, 0.15) is 0 Å². The first-order chi connectivity index (χ1) is 11.1. The minimum Gasteiger partial charge on any atom is -0.338 e. The van der Waals surface area contributed by atoms with Gasteiger partial charge in [0, 0.05) is 12.6 Å². The first-order valence-corrected chi connectivity index (χ1v) is 11.0. The molecule has 1 fully saturated rings. The smallest absolute Gasteiger partial charge is 0.241 e. The van der Waals surface area contributed by atoms with Crippen molar-refractivity contribution in [3.05, 3.63) is 29.8 Å². The molecule has 1 atom stereocenters. The molecule has 0 radical (unpaired) electrons. The van der Waals surface area contributed by atoms with Gasteiger partial charge >= 0.3 is 0 Å². The van der Waals surface area contributed by atoms with Crippen LogP contribution in [0.25, 0.3) is 0 Å². The van der Waals surface area contributed by atoms with E-state index in [-0.39, 0.29) is 29.0 Å². The summed E-state index contributed by atoms with van der Waals surface area (Å²) in [5.74, 6) is -0.413. The number of benzene rings is 1. The lowest BCUT2D eigenvalue weighted by Gasteiger charge is -2.27. The number of carbonyl (C=O) groups excluding carboxylic acids is 1. The van der Waals surface area contributed by atoms with Crippen molar-refractivity contribution >= 4 is 25.8 Å². The number of aryl methyl sites for hydroxylation is 1. The fraction of sp³-hybridized carbons (Fsp3) is 0.533. The molecule has 1 saturated heterocycles. The first-order valence-electron chi connectivity index (χ1n) is 7.71. The molecule has 24 heavy (non-hydrogen) atoms. The van der Waals surface area contributed by atoms with E-state index < -0.39 is 25.8 Å². The lowest BCUT2D eigenvalue weighted by Crippen LogP contribution is -2.46. The molecule has 2 rings (SSSR count). The second-order valence-corrected chi connectivity index (χ2v) is 9.87. The molecule has 1 aromatic carbocycles. The lowest BCUT2D eigenvalue weighted by molar-refractivity contribution is -0.131. The molecule has 0 aliphatic carbocycles. The molecular formula is C15H22N2O5S2. The highest BCUT2D eigenvalue weighted by atomic mass is 32.2. The number of rotatable bonds is 6. The van der Waals surface area contributed by atoms with Gasteiger partial charge in [-0.1, -0.05) is 12.1 Å². The number of amides is 1. The predicted octanol–water partition coefficient (Wildman–Crippen LogP) is 0.309. The zero-order chi connectivity index (χ0) is 18.0. The van der Waals surface area contributed by atoms with Gasteiger partial charge in [0.15, 0.2) is 9.84 Å². The fourth-order valence-electron chi connectivity index (χ4n) is 2.78. The van der Waals surface area contributed by atoms with Gasteiger partial charge in [-0.05, 0) is 38.0 Å². The standard InChI is InChI=1S/C15H22N2O5S2/c1-3-17(13-7-8-23(19,20)11-13)15(18)10-16-24(21,22)14-6-4-5-12(2)9-14/h4-6,9,13,16H,3,7-8,10-11H2,1-2H3. The third-order valence-corrected chi connectivity index (χ3v) is 7.17. The molecule has 7 nitrogen and oxygen atoms in total. The van der Waals surface area contributed by atoms with Crippen LogP contribution in [-0.2, 0) is 24.7 Å². The van der Waals surface area contributed by atoms with E-state index in [9.17, 15) is 21.6 Å². The molecule has 0 saturated carbocycles. The van der Waals surface area contributed by atoms with Gasteiger partial charge in [0.2, 0.25) is 15.9 Å². The Morgan fingerprint density at radius 2 is 2.08 bits per heavy atom. The molecule has 1 amide bonds. The Morgan fingerprint density at radius 3 is 2.62 bits per heavy atom. The van der Waals surface area contributed by atoms with Gasteiger partial charge < -0.3 is 4.90 Å². The molecule has 0 bridgehead atoms. The van der Waals surface area contributed by atoms with Crippen LogP contribution in [0.5, 0.6) is 0 Å². The highest BCUT2D eigenvalue weighted by molar-refractivity contribution is 7.91. The van der Waals surface area contributed by atoms with Gasteiger partial charge in [0.05, 0.1) is 22.9 Å². The van der Waals surface area contributed by atoms with Crippen molar-refractivity contribution in [2.75, 3.05) is 24.6 Å². The van der Waals surface area contributed by atoms with E-state index in [1.807, 2.05) is 0 Å². The van der Waals surface area contributed by atoms with Crippen LogP contribution in [0.4, 0.5) is 0 Å². The Bertz CT molecular complexity index is 818. The van der Waals surface area contributed by atoms with Crippen LogP contribution in [0.1, 0.15) is 18.9 Å². The number of carbonyl (C=O) groups is 1. The molecule has 9 heteroatoms. The van der Waals surface area contributed by atoms with Gasteiger partial charge in [-0.25, -0.2) is 21.6 Å². The van der Waals surface area contributed by atoms with Gasteiger partial charge in [-0.15, -0.1) is 0 Å². The van der Waals surface area contributed by atoms with Crippen molar-refractivity contribution in [1.82, 2.24) is 9.62 Å². The normalized spacial score (nSPS) is 20.0. The van der Waals surface area contributed by atoms with E-state index in [0.29, 0.717) is 13.0 Å². The van der Waals surface area contributed by atoms with Crippen LogP contribution in [0, 0.1) is 6.92 Å². The second-order valence-electron chi connectivity index (χ2n) is 5.88. The van der Waals surface area contributed by atoms with Crippen LogP contribution < -0.4 is 4.72 Å². The van der Waals surface area contributed by atoms with Crippen molar-refractivity contribution in [3.63, 3.8) is 0 Å². The average Bonchev–Trinajstić information content (AvgIpc) is 2.86. The maximum atomic E-state index is 12.3. The molecule has 0 aromatic heterocycles. The Hall–Kier alpha value is -1.45. The van der Waals surface area contributed by atoms with E-state index in [2.05, 4.69) is 4.72 Å². The highest BCUT2D eigenvalue weighted by Crippen LogP contribution is 2.18. The predicted molar refractivity (Wildman–Crippen MR) is 90.8 cm³/mol. The summed E-state index contributed by atoms with van der Waals surface area (Å²) >= 11 is 0. The van der Waals surface area contributed by atoms with Crippen LogP contribution in [0.2, 0.25) is 0 Å². The van der Waals surface area contributed by atoms with Crippen LogP contribution in [0.3, 0.4) is 0 Å². The summed E-state index contributed by atoms with van der Waals surface area (Å²) in [6.45, 7) is 3.48. The third-order valence-electron chi connectivity index (χ3n) is 4.02. The molecule has 1 heterocycles. The highest BCUT2D eigenvalue weighted by Gasteiger charge is 2.34. The van der Waals surface area contributed by atoms with Crippen LogP contribution in [0.15, 0.2) is 29.2 Å². The van der Waals surface area contributed by atoms with Crippen LogP contribution in [-0.4, -0.2) is 58.3 Å². The number of nitrogens with zero attached hydrogens (tertiary/aromatic N) is 1. The number of sulfonamides is 1. The van der Waals surface area contributed by atoms with Crippen molar-refractivity contribution in [2.24, 2.45) is 0 Å². The van der Waals surface area contributed by atoms with E-state index in [1.165, 1.54) is 17.0 Å². The number of sulfone groups is 1. The molecule has 1 unspecified atom stereocenters. The van der Waals surface area contributed by atoms with Crippen molar-refractivity contribution in [2.45, 2.75) is 31.2 Å². The molecule has 0 spiro atoms. The number of nitrogens with one attached hydrogen (secondary N) is 1. The summed E-state index contributed by atoms with van der Waals surface area (Å²) in [7, 11) is -6.89. The van der Waals surface area contributed by atoms with E-state index in [0.717, 1.165) is 5.56 Å². The summed E-state index contributed by atoms with van der Waals surface area (Å²) in [5.41, 5.74) is 0.801. The minimum absolute atomic E-state index is 0.0583. The molecule has 1 N–H and O–H groups in total. The Balaban J connectivity index is 2.03. The summed E-state index contributed by atoms with van der Waals surface area (Å²) in [4.78, 5) is 13.9. The topological polar surface area (TPSA) is 101 Å². The molecule has 1 aromatic rings. The van der Waals surface area contributed by atoms with E-state index in [4.69, 9.17) is 0 Å². The molecule has 134 valence electrons. The Morgan fingerprint density at radius 1 is 1.38 bits per heavy atom. The van der Waals surface area contributed by atoms with Crippen molar-refractivity contribution < 1.29 is 21.6 Å². The van der Waals surface area contributed by atoms with E-state index >= 15 is 0 Å². The largest absolute Gasteiger partial charge is 0.338 e. The Labute approximate surface area is 143 Å². The fourth-order valence-corrected chi connectivity index (χ4v) is 5.59. The number of hydrogen-bond acceptors (Lipinski definition) is 5. The summed E-state index contributed by atoms with van der Waals surface area (Å²) < 4.78 is 49.9. The number of hydrogen-bond donors (Lipinski definition) is 1.